The Morgan fingerprint density at radius 2 is 2.16 bits per heavy atom. The maximum absolute atomic E-state index is 13.1. The molecule has 3 rings (SSSR count). The van der Waals surface area contributed by atoms with Crippen molar-refractivity contribution in [2.45, 2.75) is 13.0 Å². The van der Waals surface area contributed by atoms with E-state index in [0.717, 1.165) is 5.69 Å². The molecule has 1 unspecified atom stereocenters. The summed E-state index contributed by atoms with van der Waals surface area (Å²) in [6, 6.07) is 5.91. The number of aliphatic hydroxyl groups is 1. The van der Waals surface area contributed by atoms with Gasteiger partial charge in [0.05, 0.1) is 5.69 Å². The number of nitrogens with zero attached hydrogens (tertiary/aromatic N) is 2. The third-order valence-corrected chi connectivity index (χ3v) is 3.11. The van der Waals surface area contributed by atoms with Gasteiger partial charge in [0.15, 0.2) is 0 Å². The van der Waals surface area contributed by atoms with E-state index in [1.807, 2.05) is 6.92 Å². The quantitative estimate of drug-likeness (QED) is 0.770. The largest absolute Gasteiger partial charge is 0.458 e. The first-order valence-electron chi connectivity index (χ1n) is 5.92. The molecule has 0 saturated carbocycles. The summed E-state index contributed by atoms with van der Waals surface area (Å²) in [5, 5.41) is 15.1. The Hall–Kier alpha value is -2.14. The highest BCUT2D eigenvalue weighted by Gasteiger charge is 2.19. The number of rotatable bonds is 2. The van der Waals surface area contributed by atoms with Gasteiger partial charge >= 0.3 is 0 Å². The Morgan fingerprint density at radius 1 is 1.37 bits per heavy atom. The first-order chi connectivity index (χ1) is 9.04. The summed E-state index contributed by atoms with van der Waals surface area (Å²) in [7, 11) is 1.79. The van der Waals surface area contributed by atoms with Gasteiger partial charge in [0.2, 0.25) is 0 Å². The van der Waals surface area contributed by atoms with Gasteiger partial charge in [0, 0.05) is 24.2 Å². The van der Waals surface area contributed by atoms with E-state index in [2.05, 4.69) is 5.10 Å². The van der Waals surface area contributed by atoms with Crippen LogP contribution in [0, 0.1) is 12.7 Å². The predicted molar refractivity (Wildman–Crippen MR) is 68.2 cm³/mol. The van der Waals surface area contributed by atoms with Crippen LogP contribution in [-0.2, 0) is 7.05 Å². The van der Waals surface area contributed by atoms with Crippen molar-refractivity contribution >= 4 is 11.0 Å². The minimum absolute atomic E-state index is 0.327. The molecule has 1 N–H and O–H groups in total. The molecule has 0 aliphatic carbocycles. The van der Waals surface area contributed by atoms with E-state index in [1.54, 1.807) is 30.1 Å². The van der Waals surface area contributed by atoms with Gasteiger partial charge in [-0.2, -0.15) is 5.10 Å². The van der Waals surface area contributed by atoms with Crippen molar-refractivity contribution in [3.8, 4) is 0 Å². The third kappa shape index (κ3) is 2.02. The van der Waals surface area contributed by atoms with Crippen LogP contribution in [-0.4, -0.2) is 14.9 Å². The molecule has 0 fully saturated rings. The summed E-state index contributed by atoms with van der Waals surface area (Å²) in [6.45, 7) is 1.82. The smallest absolute Gasteiger partial charge is 0.140 e. The van der Waals surface area contributed by atoms with Crippen LogP contribution in [0.15, 0.2) is 34.9 Å². The molecule has 0 aliphatic rings. The Bertz CT molecular complexity index is 745. The number of furan rings is 1. The normalized spacial score (nSPS) is 13.1. The van der Waals surface area contributed by atoms with Gasteiger partial charge in [-0.25, -0.2) is 4.39 Å². The molecule has 0 amide bonds. The van der Waals surface area contributed by atoms with Crippen molar-refractivity contribution in [3.05, 3.63) is 53.3 Å². The van der Waals surface area contributed by atoms with E-state index in [-0.39, 0.29) is 5.82 Å². The zero-order chi connectivity index (χ0) is 13.6. The van der Waals surface area contributed by atoms with E-state index in [1.165, 1.54) is 12.1 Å². The van der Waals surface area contributed by atoms with E-state index < -0.39 is 6.10 Å². The van der Waals surface area contributed by atoms with Crippen LogP contribution in [0.2, 0.25) is 0 Å². The summed E-state index contributed by atoms with van der Waals surface area (Å²) >= 11 is 0. The molecule has 1 atom stereocenters. The Balaban J connectivity index is 2.06. The standard InChI is InChI=1S/C14H13FN2O2/c1-8-11(7-17(2)16-8)14(18)13-6-9-5-10(15)3-4-12(9)19-13/h3-7,14,18H,1-2H3. The van der Waals surface area contributed by atoms with Gasteiger partial charge in [-0.05, 0) is 31.2 Å². The van der Waals surface area contributed by atoms with Gasteiger partial charge < -0.3 is 9.52 Å². The zero-order valence-corrected chi connectivity index (χ0v) is 10.6. The Labute approximate surface area is 109 Å². The lowest BCUT2D eigenvalue weighted by molar-refractivity contribution is 0.191. The van der Waals surface area contributed by atoms with Gasteiger partial charge in [-0.15, -0.1) is 0 Å². The van der Waals surface area contributed by atoms with Crippen LogP contribution in [0.1, 0.15) is 23.1 Å². The molecule has 0 aliphatic heterocycles. The van der Waals surface area contributed by atoms with Crippen LogP contribution in [0.4, 0.5) is 4.39 Å². The number of fused-ring (bicyclic) bond motifs is 1. The number of aryl methyl sites for hydroxylation is 2. The zero-order valence-electron chi connectivity index (χ0n) is 10.6. The molecule has 0 bridgehead atoms. The Morgan fingerprint density at radius 3 is 2.84 bits per heavy atom. The fraction of sp³-hybridized carbons (Fsp3) is 0.214. The average molecular weight is 260 g/mol. The molecule has 2 heterocycles. The monoisotopic (exact) mass is 260 g/mol. The SMILES string of the molecule is Cc1nn(C)cc1C(O)c1cc2cc(F)ccc2o1. The van der Waals surface area contributed by atoms with E-state index >= 15 is 0 Å². The number of benzene rings is 1. The van der Waals surface area contributed by atoms with Gasteiger partial charge in [0.25, 0.3) is 0 Å². The molecular weight excluding hydrogens is 247 g/mol. The predicted octanol–water partition coefficient (Wildman–Crippen LogP) is 2.70. The molecule has 0 radical (unpaired) electrons. The summed E-state index contributed by atoms with van der Waals surface area (Å²) in [5.74, 6) is 0.0589. The number of hydrogen-bond donors (Lipinski definition) is 1. The lowest BCUT2D eigenvalue weighted by Gasteiger charge is -2.05. The first kappa shape index (κ1) is 11.9. The molecule has 1 aromatic carbocycles. The number of halogens is 1. The topological polar surface area (TPSA) is 51.2 Å². The number of aromatic nitrogens is 2. The second-order valence-corrected chi connectivity index (χ2v) is 4.58. The van der Waals surface area contributed by atoms with Crippen molar-refractivity contribution < 1.29 is 13.9 Å². The van der Waals surface area contributed by atoms with Crippen LogP contribution in [0.3, 0.4) is 0 Å². The van der Waals surface area contributed by atoms with Crippen LogP contribution < -0.4 is 0 Å². The highest BCUT2D eigenvalue weighted by molar-refractivity contribution is 5.78. The van der Waals surface area contributed by atoms with E-state index in [0.29, 0.717) is 22.3 Å². The number of aliphatic hydroxyl groups excluding tert-OH is 1. The molecule has 98 valence electrons. The second-order valence-electron chi connectivity index (χ2n) is 4.58. The third-order valence-electron chi connectivity index (χ3n) is 3.11. The van der Waals surface area contributed by atoms with Crippen LogP contribution >= 0.6 is 0 Å². The van der Waals surface area contributed by atoms with Gasteiger partial charge in [-0.1, -0.05) is 0 Å². The van der Waals surface area contributed by atoms with E-state index in [4.69, 9.17) is 4.42 Å². The first-order valence-corrected chi connectivity index (χ1v) is 5.92. The van der Waals surface area contributed by atoms with Gasteiger partial charge in [-0.3, -0.25) is 4.68 Å². The van der Waals surface area contributed by atoms with Crippen molar-refractivity contribution in [3.63, 3.8) is 0 Å². The van der Waals surface area contributed by atoms with Crippen LogP contribution in [0.25, 0.3) is 11.0 Å². The van der Waals surface area contributed by atoms with Crippen molar-refractivity contribution in [1.29, 1.82) is 0 Å². The minimum atomic E-state index is -0.899. The molecular formula is C14H13FN2O2. The van der Waals surface area contributed by atoms with E-state index in [9.17, 15) is 9.50 Å². The second kappa shape index (κ2) is 4.20. The highest BCUT2D eigenvalue weighted by atomic mass is 19.1. The molecule has 19 heavy (non-hydrogen) atoms. The number of hydrogen-bond acceptors (Lipinski definition) is 3. The van der Waals surface area contributed by atoms with Crippen LogP contribution in [0.5, 0.6) is 0 Å². The fourth-order valence-corrected chi connectivity index (χ4v) is 2.21. The van der Waals surface area contributed by atoms with Crippen molar-refractivity contribution in [2.24, 2.45) is 7.05 Å². The highest BCUT2D eigenvalue weighted by Crippen LogP contribution is 2.29. The lowest BCUT2D eigenvalue weighted by Crippen LogP contribution is -1.98. The average Bonchev–Trinajstić information content (AvgIpc) is 2.91. The Kier molecular flexibility index (Phi) is 2.64. The van der Waals surface area contributed by atoms with Crippen molar-refractivity contribution in [1.82, 2.24) is 9.78 Å². The maximum Gasteiger partial charge on any atom is 0.140 e. The summed E-state index contributed by atoms with van der Waals surface area (Å²) in [5.41, 5.74) is 1.97. The summed E-state index contributed by atoms with van der Waals surface area (Å²) < 4.78 is 20.3. The molecule has 5 heteroatoms. The summed E-state index contributed by atoms with van der Waals surface area (Å²) in [6.07, 6.45) is 0.845. The van der Waals surface area contributed by atoms with Crippen molar-refractivity contribution in [2.75, 3.05) is 0 Å². The molecule has 2 aromatic heterocycles. The van der Waals surface area contributed by atoms with Gasteiger partial charge in [0.1, 0.15) is 23.3 Å². The summed E-state index contributed by atoms with van der Waals surface area (Å²) in [4.78, 5) is 0. The molecule has 0 saturated heterocycles. The molecule has 3 aromatic rings. The maximum atomic E-state index is 13.1. The fourth-order valence-electron chi connectivity index (χ4n) is 2.21. The molecule has 4 nitrogen and oxygen atoms in total. The minimum Gasteiger partial charge on any atom is -0.458 e. The lowest BCUT2D eigenvalue weighted by atomic mass is 10.1. The molecule has 0 spiro atoms.